The number of benzene rings is 1. The first-order chi connectivity index (χ1) is 11.7. The molecule has 1 aliphatic heterocycles. The third-order valence-electron chi connectivity index (χ3n) is 3.97. The Morgan fingerprint density at radius 2 is 1.92 bits per heavy atom. The molecule has 124 valence electrons. The topological polar surface area (TPSA) is 88.2 Å². The van der Waals surface area contributed by atoms with Crippen molar-refractivity contribution in [2.24, 2.45) is 0 Å². The predicted molar refractivity (Wildman–Crippen MR) is 96.4 cm³/mol. The van der Waals surface area contributed by atoms with Gasteiger partial charge in [0.1, 0.15) is 5.01 Å². The van der Waals surface area contributed by atoms with E-state index < -0.39 is 0 Å². The van der Waals surface area contributed by atoms with Crippen LogP contribution in [0.2, 0.25) is 0 Å². The van der Waals surface area contributed by atoms with Gasteiger partial charge in [-0.05, 0) is 12.1 Å². The number of aromatic nitrogens is 3. The molecule has 24 heavy (non-hydrogen) atoms. The molecule has 0 saturated carbocycles. The van der Waals surface area contributed by atoms with Crippen molar-refractivity contribution in [1.82, 2.24) is 20.1 Å². The van der Waals surface area contributed by atoms with Crippen LogP contribution >= 0.6 is 22.7 Å². The number of piperazine rings is 1. The molecule has 2 aromatic heterocycles. The molecule has 1 saturated heterocycles. The molecule has 7 nitrogen and oxygen atoms in total. The second-order valence-electron chi connectivity index (χ2n) is 5.54. The molecule has 0 bridgehead atoms. The summed E-state index contributed by atoms with van der Waals surface area (Å²) in [6, 6.07) is 8.15. The highest BCUT2D eigenvalue weighted by Gasteiger charge is 2.23. The van der Waals surface area contributed by atoms with Gasteiger partial charge in [-0.1, -0.05) is 34.8 Å². The van der Waals surface area contributed by atoms with Crippen molar-refractivity contribution < 1.29 is 4.79 Å². The molecular weight excluding hydrogens is 344 g/mol. The van der Waals surface area contributed by atoms with E-state index >= 15 is 0 Å². The number of nitrogens with two attached hydrogens (primary N) is 1. The van der Waals surface area contributed by atoms with E-state index in [1.54, 1.807) is 11.3 Å². The van der Waals surface area contributed by atoms with Gasteiger partial charge >= 0.3 is 0 Å². The van der Waals surface area contributed by atoms with E-state index in [1.807, 2.05) is 23.1 Å². The minimum atomic E-state index is 0.0788. The van der Waals surface area contributed by atoms with E-state index in [-0.39, 0.29) is 12.3 Å². The Kier molecular flexibility index (Phi) is 4.03. The van der Waals surface area contributed by atoms with Crippen LogP contribution in [-0.2, 0) is 11.2 Å². The molecule has 3 heterocycles. The van der Waals surface area contributed by atoms with Gasteiger partial charge in [-0.25, -0.2) is 4.98 Å². The maximum atomic E-state index is 12.4. The summed E-state index contributed by atoms with van der Waals surface area (Å²) in [4.78, 5) is 21.2. The SMILES string of the molecule is Nc1nnc(CC(=O)N2CCN(c3nc4ccccc4s3)CC2)s1. The molecular formula is C15H16N6OS2. The summed E-state index contributed by atoms with van der Waals surface area (Å²) >= 11 is 2.97. The van der Waals surface area contributed by atoms with E-state index in [1.165, 1.54) is 16.0 Å². The fourth-order valence-electron chi connectivity index (χ4n) is 2.72. The lowest BCUT2D eigenvalue weighted by atomic mass is 10.3. The number of thiazole rings is 1. The van der Waals surface area contributed by atoms with Crippen molar-refractivity contribution in [2.45, 2.75) is 6.42 Å². The summed E-state index contributed by atoms with van der Waals surface area (Å²) in [5, 5.41) is 9.76. The molecule has 1 amide bonds. The Morgan fingerprint density at radius 3 is 2.62 bits per heavy atom. The fourth-order valence-corrected chi connectivity index (χ4v) is 4.34. The van der Waals surface area contributed by atoms with Gasteiger partial charge in [-0.3, -0.25) is 4.79 Å². The highest BCUT2D eigenvalue weighted by Crippen LogP contribution is 2.29. The average Bonchev–Trinajstić information content (AvgIpc) is 3.21. The summed E-state index contributed by atoms with van der Waals surface area (Å²) < 4.78 is 1.19. The lowest BCUT2D eigenvalue weighted by molar-refractivity contribution is -0.130. The van der Waals surface area contributed by atoms with Crippen LogP contribution in [-0.4, -0.2) is 52.2 Å². The standard InChI is InChI=1S/C15H16N6OS2/c16-14-19-18-12(24-14)9-13(22)20-5-7-21(8-6-20)15-17-10-3-1-2-4-11(10)23-15/h1-4H,5-9H2,(H2,16,19). The average molecular weight is 360 g/mol. The Bertz CT molecular complexity index is 835. The molecule has 0 aliphatic carbocycles. The van der Waals surface area contributed by atoms with Gasteiger partial charge in [-0.2, -0.15) is 0 Å². The molecule has 0 unspecified atom stereocenters. The third-order valence-corrected chi connectivity index (χ3v) is 5.82. The van der Waals surface area contributed by atoms with E-state index in [0.29, 0.717) is 23.2 Å². The second-order valence-corrected chi connectivity index (χ2v) is 7.65. The van der Waals surface area contributed by atoms with Gasteiger partial charge < -0.3 is 15.5 Å². The third kappa shape index (κ3) is 3.04. The van der Waals surface area contributed by atoms with Crippen LogP contribution in [0.5, 0.6) is 0 Å². The Morgan fingerprint density at radius 1 is 1.12 bits per heavy atom. The lowest BCUT2D eigenvalue weighted by Crippen LogP contribution is -2.49. The fraction of sp³-hybridized carbons (Fsp3) is 0.333. The van der Waals surface area contributed by atoms with Crippen molar-refractivity contribution >= 4 is 49.1 Å². The van der Waals surface area contributed by atoms with Crippen molar-refractivity contribution in [3.8, 4) is 0 Å². The van der Waals surface area contributed by atoms with E-state index in [4.69, 9.17) is 5.73 Å². The van der Waals surface area contributed by atoms with Gasteiger partial charge in [0.25, 0.3) is 0 Å². The summed E-state index contributed by atoms with van der Waals surface area (Å²) in [5.41, 5.74) is 6.59. The molecule has 9 heteroatoms. The molecule has 2 N–H and O–H groups in total. The van der Waals surface area contributed by atoms with Gasteiger partial charge in [0.15, 0.2) is 5.13 Å². The number of para-hydroxylation sites is 1. The van der Waals surface area contributed by atoms with Crippen molar-refractivity contribution in [3.05, 3.63) is 29.3 Å². The molecule has 1 aromatic carbocycles. The number of fused-ring (bicyclic) bond motifs is 1. The Hall–Kier alpha value is -2.26. The number of anilines is 2. The summed E-state index contributed by atoms with van der Waals surface area (Å²) in [6.45, 7) is 2.99. The van der Waals surface area contributed by atoms with Crippen LogP contribution in [0.1, 0.15) is 5.01 Å². The lowest BCUT2D eigenvalue weighted by Gasteiger charge is -2.34. The summed E-state index contributed by atoms with van der Waals surface area (Å²) in [7, 11) is 0. The maximum absolute atomic E-state index is 12.4. The minimum absolute atomic E-state index is 0.0788. The van der Waals surface area contributed by atoms with Crippen molar-refractivity contribution in [2.75, 3.05) is 36.8 Å². The quantitative estimate of drug-likeness (QED) is 0.764. The van der Waals surface area contributed by atoms with Crippen LogP contribution in [0.15, 0.2) is 24.3 Å². The van der Waals surface area contributed by atoms with Gasteiger partial charge in [0.05, 0.1) is 16.6 Å². The second kappa shape index (κ2) is 6.33. The molecule has 4 rings (SSSR count). The van der Waals surface area contributed by atoms with Gasteiger partial charge in [-0.15, -0.1) is 10.2 Å². The smallest absolute Gasteiger partial charge is 0.229 e. The summed E-state index contributed by atoms with van der Waals surface area (Å²) in [6.07, 6.45) is 0.274. The van der Waals surface area contributed by atoms with Gasteiger partial charge in [0, 0.05) is 26.2 Å². The number of rotatable bonds is 3. The Balaban J connectivity index is 1.38. The maximum Gasteiger partial charge on any atom is 0.229 e. The Labute approximate surface area is 146 Å². The minimum Gasteiger partial charge on any atom is -0.374 e. The zero-order chi connectivity index (χ0) is 16.5. The molecule has 0 atom stereocenters. The van der Waals surface area contributed by atoms with Crippen LogP contribution in [0, 0.1) is 0 Å². The van der Waals surface area contributed by atoms with Crippen LogP contribution in [0.4, 0.5) is 10.3 Å². The van der Waals surface area contributed by atoms with E-state index in [0.717, 1.165) is 23.7 Å². The molecule has 1 fully saturated rings. The normalized spacial score (nSPS) is 15.2. The number of amides is 1. The predicted octanol–water partition coefficient (Wildman–Crippen LogP) is 1.62. The number of carbonyl (C=O) groups is 1. The first-order valence-corrected chi connectivity index (χ1v) is 9.28. The molecule has 3 aromatic rings. The first-order valence-electron chi connectivity index (χ1n) is 7.65. The van der Waals surface area contributed by atoms with Crippen molar-refractivity contribution in [3.63, 3.8) is 0 Å². The molecule has 1 aliphatic rings. The van der Waals surface area contributed by atoms with E-state index in [9.17, 15) is 4.79 Å². The monoisotopic (exact) mass is 360 g/mol. The highest BCUT2D eigenvalue weighted by atomic mass is 32.1. The number of nitrogens with zero attached hydrogens (tertiary/aromatic N) is 5. The van der Waals surface area contributed by atoms with Crippen LogP contribution in [0.3, 0.4) is 0 Å². The largest absolute Gasteiger partial charge is 0.374 e. The van der Waals surface area contributed by atoms with Crippen LogP contribution in [0.25, 0.3) is 10.2 Å². The number of carbonyl (C=O) groups excluding carboxylic acids is 1. The number of hydrogen-bond acceptors (Lipinski definition) is 8. The zero-order valence-corrected chi connectivity index (χ0v) is 14.5. The number of hydrogen-bond donors (Lipinski definition) is 1. The number of nitrogen functional groups attached to an aromatic ring is 1. The van der Waals surface area contributed by atoms with Crippen molar-refractivity contribution in [1.29, 1.82) is 0 Å². The van der Waals surface area contributed by atoms with Gasteiger partial charge in [0.2, 0.25) is 11.0 Å². The molecule has 0 spiro atoms. The van der Waals surface area contributed by atoms with E-state index in [2.05, 4.69) is 26.1 Å². The zero-order valence-electron chi connectivity index (χ0n) is 12.9. The molecule has 0 radical (unpaired) electrons. The first kappa shape index (κ1) is 15.3. The summed E-state index contributed by atoms with van der Waals surface area (Å²) in [5.74, 6) is 0.0788. The highest BCUT2D eigenvalue weighted by molar-refractivity contribution is 7.22. The van der Waals surface area contributed by atoms with Crippen LogP contribution < -0.4 is 10.6 Å².